The van der Waals surface area contributed by atoms with Crippen LogP contribution < -0.4 is 10.6 Å². The molecule has 0 saturated heterocycles. The monoisotopic (exact) mass is 328 g/mol. The van der Waals surface area contributed by atoms with E-state index in [4.69, 9.17) is 0 Å². The summed E-state index contributed by atoms with van der Waals surface area (Å²) in [6.07, 6.45) is 0.236. The van der Waals surface area contributed by atoms with E-state index in [0.717, 1.165) is 12.0 Å². The van der Waals surface area contributed by atoms with Gasteiger partial charge in [0.25, 0.3) is 0 Å². The summed E-state index contributed by atoms with van der Waals surface area (Å²) in [6, 6.07) is 7.18. The molecule has 0 aliphatic rings. The van der Waals surface area contributed by atoms with E-state index in [-0.39, 0.29) is 10.7 Å². The molecule has 5 nitrogen and oxygen atoms in total. The summed E-state index contributed by atoms with van der Waals surface area (Å²) < 4.78 is 4.49. The van der Waals surface area contributed by atoms with Crippen LogP contribution in [0.4, 0.5) is 10.5 Å². The number of nitrogens with one attached hydrogen (secondary N) is 2. The van der Waals surface area contributed by atoms with E-state index in [9.17, 15) is 9.59 Å². The Labute approximate surface area is 120 Å². The maximum absolute atomic E-state index is 11.6. The van der Waals surface area contributed by atoms with Crippen LogP contribution in [0.1, 0.15) is 18.9 Å². The third-order valence-corrected chi connectivity index (χ3v) is 3.56. The van der Waals surface area contributed by atoms with Crippen molar-refractivity contribution < 1.29 is 14.3 Å². The number of benzene rings is 1. The van der Waals surface area contributed by atoms with E-state index < -0.39 is 6.09 Å². The number of methoxy groups -OCH3 is 1. The molecule has 2 amide bonds. The highest BCUT2D eigenvalue weighted by Gasteiger charge is 2.11. The van der Waals surface area contributed by atoms with Gasteiger partial charge in [-0.05, 0) is 24.1 Å². The maximum Gasteiger partial charge on any atom is 0.411 e. The molecule has 2 N–H and O–H groups in total. The second kappa shape index (κ2) is 7.78. The Bertz CT molecular complexity index is 434. The molecule has 104 valence electrons. The zero-order chi connectivity index (χ0) is 14.3. The molecule has 0 bridgehead atoms. The molecule has 1 aromatic carbocycles. The lowest BCUT2D eigenvalue weighted by Crippen LogP contribution is -2.30. The van der Waals surface area contributed by atoms with Crippen LogP contribution in [0.15, 0.2) is 24.3 Å². The second-order valence-corrected chi connectivity index (χ2v) is 5.01. The van der Waals surface area contributed by atoms with Gasteiger partial charge in [0.1, 0.15) is 0 Å². The molecule has 1 rings (SSSR count). The molecule has 0 aromatic heterocycles. The first kappa shape index (κ1) is 15.5. The van der Waals surface area contributed by atoms with Crippen LogP contribution in [0.2, 0.25) is 0 Å². The Morgan fingerprint density at radius 3 is 2.47 bits per heavy atom. The summed E-state index contributed by atoms with van der Waals surface area (Å²) in [6.45, 7) is 2.39. The number of hydrogen-bond acceptors (Lipinski definition) is 3. The molecule has 0 saturated carbocycles. The minimum Gasteiger partial charge on any atom is -0.453 e. The number of alkyl halides is 1. The Hall–Kier alpha value is -1.56. The standard InChI is InChI=1S/C13H17BrN2O3/c1-3-11(14)12(17)15-8-9-4-6-10(7-5-9)16-13(18)19-2/h4-7,11H,3,8H2,1-2H3,(H,15,17)(H,16,18). The summed E-state index contributed by atoms with van der Waals surface area (Å²) in [5, 5.41) is 5.38. The fraction of sp³-hybridized carbons (Fsp3) is 0.385. The van der Waals surface area contributed by atoms with Gasteiger partial charge in [0.2, 0.25) is 5.91 Å². The third-order valence-electron chi connectivity index (χ3n) is 2.50. The van der Waals surface area contributed by atoms with Crippen molar-refractivity contribution in [3.8, 4) is 0 Å². The van der Waals surface area contributed by atoms with E-state index in [1.54, 1.807) is 12.1 Å². The van der Waals surface area contributed by atoms with E-state index in [0.29, 0.717) is 12.2 Å². The summed E-state index contributed by atoms with van der Waals surface area (Å²) in [4.78, 5) is 22.4. The number of carbonyl (C=O) groups is 2. The topological polar surface area (TPSA) is 67.4 Å². The number of amides is 2. The van der Waals surface area contributed by atoms with Gasteiger partial charge in [0.15, 0.2) is 0 Å². The number of carbonyl (C=O) groups excluding carboxylic acids is 2. The smallest absolute Gasteiger partial charge is 0.411 e. The van der Waals surface area contributed by atoms with Gasteiger partial charge in [-0.15, -0.1) is 0 Å². The Kier molecular flexibility index (Phi) is 6.35. The summed E-state index contributed by atoms with van der Waals surface area (Å²) in [5.41, 5.74) is 1.61. The predicted octanol–water partition coefficient (Wildman–Crippen LogP) is 2.65. The van der Waals surface area contributed by atoms with Crippen molar-refractivity contribution in [2.75, 3.05) is 12.4 Å². The van der Waals surface area contributed by atoms with Crippen molar-refractivity contribution in [2.24, 2.45) is 0 Å². The van der Waals surface area contributed by atoms with Gasteiger partial charge in [-0.3, -0.25) is 10.1 Å². The van der Waals surface area contributed by atoms with Crippen molar-refractivity contribution in [1.82, 2.24) is 5.32 Å². The number of rotatable bonds is 5. The summed E-state index contributed by atoms with van der Waals surface area (Å²) in [7, 11) is 1.31. The minimum atomic E-state index is -0.508. The fourth-order valence-electron chi connectivity index (χ4n) is 1.36. The number of halogens is 1. The first-order chi connectivity index (χ1) is 9.06. The van der Waals surface area contributed by atoms with Crippen LogP contribution in [0.3, 0.4) is 0 Å². The van der Waals surface area contributed by atoms with Crippen molar-refractivity contribution in [3.05, 3.63) is 29.8 Å². The van der Waals surface area contributed by atoms with E-state index in [1.807, 2.05) is 19.1 Å². The summed E-state index contributed by atoms with van der Waals surface area (Å²) in [5.74, 6) is -0.0285. The molecule has 0 fully saturated rings. The number of hydrogen-bond donors (Lipinski definition) is 2. The highest BCUT2D eigenvalue weighted by atomic mass is 79.9. The lowest BCUT2D eigenvalue weighted by molar-refractivity contribution is -0.120. The normalized spacial score (nSPS) is 11.5. The van der Waals surface area contributed by atoms with Gasteiger partial charge in [-0.2, -0.15) is 0 Å². The van der Waals surface area contributed by atoms with E-state index in [1.165, 1.54) is 7.11 Å². The first-order valence-electron chi connectivity index (χ1n) is 5.92. The lowest BCUT2D eigenvalue weighted by Gasteiger charge is -2.09. The van der Waals surface area contributed by atoms with Gasteiger partial charge in [-0.1, -0.05) is 35.0 Å². The van der Waals surface area contributed by atoms with Crippen molar-refractivity contribution in [2.45, 2.75) is 24.7 Å². The lowest BCUT2D eigenvalue weighted by atomic mass is 10.2. The van der Waals surface area contributed by atoms with Gasteiger partial charge >= 0.3 is 6.09 Å². The first-order valence-corrected chi connectivity index (χ1v) is 6.84. The summed E-state index contributed by atoms with van der Waals surface area (Å²) >= 11 is 3.29. The molecule has 0 heterocycles. The van der Waals surface area contributed by atoms with Gasteiger partial charge in [-0.25, -0.2) is 4.79 Å². The van der Waals surface area contributed by atoms with Crippen LogP contribution in [0.5, 0.6) is 0 Å². The molecule has 0 aliphatic carbocycles. The number of ether oxygens (including phenoxy) is 1. The Morgan fingerprint density at radius 1 is 1.32 bits per heavy atom. The van der Waals surface area contributed by atoms with Gasteiger partial charge in [0.05, 0.1) is 11.9 Å². The molecular formula is C13H17BrN2O3. The van der Waals surface area contributed by atoms with Crippen LogP contribution in [-0.2, 0) is 16.1 Å². The van der Waals surface area contributed by atoms with Crippen LogP contribution >= 0.6 is 15.9 Å². The molecular weight excluding hydrogens is 312 g/mol. The fourth-order valence-corrected chi connectivity index (χ4v) is 1.52. The molecule has 6 heteroatoms. The predicted molar refractivity (Wildman–Crippen MR) is 77.3 cm³/mol. The highest BCUT2D eigenvalue weighted by molar-refractivity contribution is 9.10. The van der Waals surface area contributed by atoms with E-state index in [2.05, 4.69) is 31.3 Å². The zero-order valence-corrected chi connectivity index (χ0v) is 12.5. The average Bonchev–Trinajstić information content (AvgIpc) is 2.45. The number of anilines is 1. The van der Waals surface area contributed by atoms with E-state index >= 15 is 0 Å². The molecule has 19 heavy (non-hydrogen) atoms. The molecule has 1 aromatic rings. The van der Waals surface area contributed by atoms with Crippen molar-refractivity contribution >= 4 is 33.6 Å². The Balaban J connectivity index is 2.48. The molecule has 0 radical (unpaired) electrons. The molecule has 0 spiro atoms. The molecule has 0 aliphatic heterocycles. The quantitative estimate of drug-likeness (QED) is 0.816. The van der Waals surface area contributed by atoms with Crippen LogP contribution in [0, 0.1) is 0 Å². The maximum atomic E-state index is 11.6. The van der Waals surface area contributed by atoms with Crippen LogP contribution in [-0.4, -0.2) is 23.9 Å². The van der Waals surface area contributed by atoms with Gasteiger partial charge in [0, 0.05) is 12.2 Å². The average molecular weight is 329 g/mol. The van der Waals surface area contributed by atoms with Crippen LogP contribution in [0.25, 0.3) is 0 Å². The largest absolute Gasteiger partial charge is 0.453 e. The van der Waals surface area contributed by atoms with Crippen molar-refractivity contribution in [3.63, 3.8) is 0 Å². The Morgan fingerprint density at radius 2 is 1.95 bits per heavy atom. The van der Waals surface area contributed by atoms with Gasteiger partial charge < -0.3 is 10.1 Å². The van der Waals surface area contributed by atoms with Crippen molar-refractivity contribution in [1.29, 1.82) is 0 Å². The zero-order valence-electron chi connectivity index (χ0n) is 10.9. The molecule has 1 unspecified atom stereocenters. The second-order valence-electron chi connectivity index (χ2n) is 3.91. The SMILES string of the molecule is CCC(Br)C(=O)NCc1ccc(NC(=O)OC)cc1. The third kappa shape index (κ3) is 5.30. The molecule has 1 atom stereocenters. The minimum absolute atomic E-state index is 0.0285. The highest BCUT2D eigenvalue weighted by Crippen LogP contribution is 2.10.